The zero-order valence-corrected chi connectivity index (χ0v) is 17.7. The summed E-state index contributed by atoms with van der Waals surface area (Å²) in [5, 5.41) is 9.67. The number of piperidine rings is 1. The summed E-state index contributed by atoms with van der Waals surface area (Å²) in [6.07, 6.45) is 1.55. The van der Waals surface area contributed by atoms with Gasteiger partial charge in [-0.05, 0) is 36.8 Å². The second-order valence-corrected chi connectivity index (χ2v) is 8.63. The van der Waals surface area contributed by atoms with Gasteiger partial charge in [0.1, 0.15) is 17.7 Å². The Morgan fingerprint density at radius 2 is 2.00 bits per heavy atom. The summed E-state index contributed by atoms with van der Waals surface area (Å²) in [6.45, 7) is 3.12. The van der Waals surface area contributed by atoms with Gasteiger partial charge in [-0.2, -0.15) is 9.89 Å². The molecule has 2 aliphatic heterocycles. The molecule has 0 atom stereocenters. The Morgan fingerprint density at radius 3 is 2.68 bits per heavy atom. The van der Waals surface area contributed by atoms with E-state index >= 15 is 0 Å². The fourth-order valence-electron chi connectivity index (χ4n) is 3.82. The van der Waals surface area contributed by atoms with Gasteiger partial charge in [-0.25, -0.2) is 14.6 Å². The highest BCUT2D eigenvalue weighted by atomic mass is 31.2. The van der Waals surface area contributed by atoms with Crippen molar-refractivity contribution in [1.82, 2.24) is 10.0 Å². The van der Waals surface area contributed by atoms with Crippen LogP contribution in [0, 0.1) is 18.3 Å². The van der Waals surface area contributed by atoms with Crippen molar-refractivity contribution in [2.45, 2.75) is 32.4 Å². The smallest absolute Gasteiger partial charge is 0.490 e. The fourth-order valence-corrected chi connectivity index (χ4v) is 4.21. The van der Waals surface area contributed by atoms with Crippen molar-refractivity contribution in [2.24, 2.45) is 0 Å². The second-order valence-electron chi connectivity index (χ2n) is 7.48. The van der Waals surface area contributed by atoms with Gasteiger partial charge in [-0.15, -0.1) is 0 Å². The van der Waals surface area contributed by atoms with Gasteiger partial charge in [-0.3, -0.25) is 4.79 Å². The number of benzene rings is 1. The first-order chi connectivity index (χ1) is 14.7. The number of pyridine rings is 1. The fraction of sp³-hybridized carbons (Fsp3) is 0.350. The number of hydroxylamine groups is 2. The lowest BCUT2D eigenvalue weighted by Crippen LogP contribution is -2.39. The summed E-state index contributed by atoms with van der Waals surface area (Å²) < 4.78 is 21.6. The number of carbonyl (C=O) groups excluding carboxylic acids is 1. The van der Waals surface area contributed by atoms with Gasteiger partial charge in [0.2, 0.25) is 0 Å². The highest BCUT2D eigenvalue weighted by Gasteiger charge is 2.36. The zero-order valence-electron chi connectivity index (χ0n) is 16.8. The van der Waals surface area contributed by atoms with Crippen LogP contribution in [-0.2, 0) is 15.7 Å². The van der Waals surface area contributed by atoms with Crippen LogP contribution >= 0.6 is 7.82 Å². The van der Waals surface area contributed by atoms with E-state index in [0.29, 0.717) is 35.2 Å². The average Bonchev–Trinajstić information content (AvgIpc) is 3.01. The van der Waals surface area contributed by atoms with Crippen LogP contribution in [-0.4, -0.2) is 44.9 Å². The first kappa shape index (κ1) is 21.3. The van der Waals surface area contributed by atoms with E-state index in [4.69, 9.17) is 19.8 Å². The molecule has 0 spiro atoms. The first-order valence-electron chi connectivity index (χ1n) is 9.73. The van der Waals surface area contributed by atoms with Crippen LogP contribution in [0.1, 0.15) is 40.0 Å². The minimum absolute atomic E-state index is 0.0219. The number of carbonyl (C=O) groups is 1. The third-order valence-corrected chi connectivity index (χ3v) is 5.64. The van der Waals surface area contributed by atoms with E-state index in [2.05, 4.69) is 20.6 Å². The molecule has 11 heteroatoms. The molecule has 1 amide bonds. The standard InChI is InChI=1S/C20H21N4O6P/c1-13-9-17-18(12-24(20(17)25)30-31(26,27)28)22-19(13)23-7-5-15(6-8-23)29-16-4-2-3-14(10-16)11-21/h2-4,9-10,15H,5-8,12H2,1H3,(H2,26,27,28). The molecule has 0 aliphatic carbocycles. The number of phosphoric acid groups is 1. The van der Waals surface area contributed by atoms with Gasteiger partial charge in [0, 0.05) is 25.9 Å². The molecule has 2 N–H and O–H groups in total. The van der Waals surface area contributed by atoms with Gasteiger partial charge in [0.15, 0.2) is 0 Å². The third kappa shape index (κ3) is 4.70. The van der Waals surface area contributed by atoms with E-state index < -0.39 is 13.7 Å². The molecular weight excluding hydrogens is 423 g/mol. The predicted molar refractivity (Wildman–Crippen MR) is 109 cm³/mol. The Hall–Kier alpha value is -2.96. The number of amides is 1. The lowest BCUT2D eigenvalue weighted by Gasteiger charge is -2.34. The van der Waals surface area contributed by atoms with Gasteiger partial charge >= 0.3 is 7.82 Å². The van der Waals surface area contributed by atoms with Crippen molar-refractivity contribution in [3.8, 4) is 11.8 Å². The Bertz CT molecular complexity index is 1100. The molecule has 162 valence electrons. The topological polar surface area (TPSA) is 136 Å². The summed E-state index contributed by atoms with van der Waals surface area (Å²) in [6, 6.07) is 10.9. The summed E-state index contributed by atoms with van der Waals surface area (Å²) in [5.41, 5.74) is 2.06. The quantitative estimate of drug-likeness (QED) is 0.666. The molecule has 2 aromatic rings. The number of hydrogen-bond donors (Lipinski definition) is 2. The Kier molecular flexibility index (Phi) is 5.69. The van der Waals surface area contributed by atoms with Crippen molar-refractivity contribution in [3.05, 3.63) is 52.7 Å². The van der Waals surface area contributed by atoms with Crippen molar-refractivity contribution >= 4 is 19.5 Å². The van der Waals surface area contributed by atoms with Crippen LogP contribution < -0.4 is 9.64 Å². The maximum Gasteiger partial charge on any atom is 0.491 e. The van der Waals surface area contributed by atoms with Crippen molar-refractivity contribution in [1.29, 1.82) is 5.26 Å². The van der Waals surface area contributed by atoms with Crippen LogP contribution in [0.5, 0.6) is 5.75 Å². The summed E-state index contributed by atoms with van der Waals surface area (Å²) >= 11 is 0. The Balaban J connectivity index is 1.43. The minimum atomic E-state index is -4.84. The number of aromatic nitrogens is 1. The van der Waals surface area contributed by atoms with Gasteiger partial charge < -0.3 is 19.4 Å². The zero-order chi connectivity index (χ0) is 22.2. The SMILES string of the molecule is Cc1cc2c(nc1N1CCC(Oc3cccc(C#N)c3)CC1)CN(OP(=O)(O)O)C2=O. The lowest BCUT2D eigenvalue weighted by atomic mass is 10.1. The largest absolute Gasteiger partial charge is 0.491 e. The number of aryl methyl sites for hydroxylation is 1. The molecule has 3 heterocycles. The molecule has 1 aromatic carbocycles. The van der Waals surface area contributed by atoms with Gasteiger partial charge in [0.05, 0.1) is 29.4 Å². The van der Waals surface area contributed by atoms with E-state index in [1.54, 1.807) is 24.3 Å². The first-order valence-corrected chi connectivity index (χ1v) is 11.3. The van der Waals surface area contributed by atoms with E-state index in [-0.39, 0.29) is 18.2 Å². The van der Waals surface area contributed by atoms with Crippen LogP contribution in [0.15, 0.2) is 30.3 Å². The monoisotopic (exact) mass is 444 g/mol. The highest BCUT2D eigenvalue weighted by molar-refractivity contribution is 7.46. The molecule has 0 unspecified atom stereocenters. The van der Waals surface area contributed by atoms with Crippen molar-refractivity contribution in [2.75, 3.05) is 18.0 Å². The molecule has 31 heavy (non-hydrogen) atoms. The number of ether oxygens (including phenoxy) is 1. The molecule has 4 rings (SSSR count). The number of hydrogen-bond acceptors (Lipinski definition) is 7. The number of anilines is 1. The van der Waals surface area contributed by atoms with Crippen molar-refractivity contribution < 1.29 is 28.5 Å². The average molecular weight is 444 g/mol. The highest BCUT2D eigenvalue weighted by Crippen LogP contribution is 2.40. The number of rotatable bonds is 5. The lowest BCUT2D eigenvalue weighted by molar-refractivity contribution is -0.0533. The van der Waals surface area contributed by atoms with E-state index in [1.807, 2.05) is 13.0 Å². The maximum absolute atomic E-state index is 12.3. The summed E-state index contributed by atoms with van der Waals surface area (Å²) in [7, 11) is -4.84. The van der Waals surface area contributed by atoms with Gasteiger partial charge in [-0.1, -0.05) is 6.07 Å². The van der Waals surface area contributed by atoms with Crippen LogP contribution in [0.3, 0.4) is 0 Å². The number of nitriles is 1. The van der Waals surface area contributed by atoms with Crippen LogP contribution in [0.4, 0.5) is 5.82 Å². The van der Waals surface area contributed by atoms with Crippen molar-refractivity contribution in [3.63, 3.8) is 0 Å². The molecule has 10 nitrogen and oxygen atoms in total. The normalized spacial score (nSPS) is 16.9. The number of fused-ring (bicyclic) bond motifs is 1. The molecule has 1 aromatic heterocycles. The molecule has 1 fully saturated rings. The maximum atomic E-state index is 12.3. The molecule has 1 saturated heterocycles. The minimum Gasteiger partial charge on any atom is -0.490 e. The van der Waals surface area contributed by atoms with Crippen LogP contribution in [0.25, 0.3) is 0 Å². The Labute approximate surface area is 178 Å². The third-order valence-electron chi connectivity index (χ3n) is 5.23. The van der Waals surface area contributed by atoms with Gasteiger partial charge in [0.25, 0.3) is 5.91 Å². The molecule has 2 aliphatic rings. The predicted octanol–water partition coefficient (Wildman–Crippen LogP) is 2.29. The Morgan fingerprint density at radius 1 is 1.26 bits per heavy atom. The molecular formula is C20H21N4O6P. The number of nitrogens with zero attached hydrogens (tertiary/aromatic N) is 4. The summed E-state index contributed by atoms with van der Waals surface area (Å²) in [5.74, 6) is 0.787. The second kappa shape index (κ2) is 8.29. The molecule has 0 saturated carbocycles. The summed E-state index contributed by atoms with van der Waals surface area (Å²) in [4.78, 5) is 37.0. The van der Waals surface area contributed by atoms with Crippen LogP contribution in [0.2, 0.25) is 0 Å². The molecule has 0 radical (unpaired) electrons. The van der Waals surface area contributed by atoms with E-state index in [9.17, 15) is 9.36 Å². The molecule has 0 bridgehead atoms. The van der Waals surface area contributed by atoms with E-state index in [1.165, 1.54) is 0 Å². The van der Waals surface area contributed by atoms with E-state index in [0.717, 1.165) is 24.2 Å².